The zero-order chi connectivity index (χ0) is 25.1. The van der Waals surface area contributed by atoms with Gasteiger partial charge in [-0.15, -0.1) is 6.58 Å². The Morgan fingerprint density at radius 3 is 2.74 bits per heavy atom. The van der Waals surface area contributed by atoms with Gasteiger partial charge in [0.05, 0.1) is 31.9 Å². The molecule has 1 aliphatic heterocycles. The number of aromatic nitrogens is 2. The van der Waals surface area contributed by atoms with Gasteiger partial charge < -0.3 is 14.2 Å². The topological polar surface area (TPSA) is 168 Å². The Morgan fingerprint density at radius 2 is 2.06 bits per heavy atom. The molecular weight excluding hydrogens is 480 g/mol. The Labute approximate surface area is 192 Å². The first-order valence-corrected chi connectivity index (χ1v) is 11.3. The quantitative estimate of drug-likeness (QED) is 0.181. The van der Waals surface area contributed by atoms with Gasteiger partial charge in [0.15, 0.2) is 0 Å². The number of phosphoric ester groups is 1. The van der Waals surface area contributed by atoms with Gasteiger partial charge in [0.1, 0.15) is 31.6 Å². The van der Waals surface area contributed by atoms with Crippen LogP contribution >= 0.6 is 7.82 Å². The van der Waals surface area contributed by atoms with Crippen molar-refractivity contribution in [3.63, 3.8) is 0 Å². The van der Waals surface area contributed by atoms with Crippen LogP contribution in [0.2, 0.25) is 0 Å². The molecule has 15 heteroatoms. The molecule has 0 aliphatic carbocycles. The van der Waals surface area contributed by atoms with E-state index in [2.05, 4.69) is 13.2 Å². The summed E-state index contributed by atoms with van der Waals surface area (Å²) in [6.07, 6.45) is -1.62. The molecule has 1 fully saturated rings. The number of nitrogens with one attached hydrogen (secondary N) is 1. The van der Waals surface area contributed by atoms with E-state index in [9.17, 15) is 23.3 Å². The lowest BCUT2D eigenvalue weighted by molar-refractivity contribution is -0.0589. The molecule has 0 spiro atoms. The molecule has 0 aromatic carbocycles. The Kier molecular flexibility index (Phi) is 10.4. The number of carbonyl (C=O) groups is 1. The molecule has 186 valence electrons. The first-order valence-electron chi connectivity index (χ1n) is 9.85. The van der Waals surface area contributed by atoms with Crippen molar-refractivity contribution in [2.75, 3.05) is 26.4 Å². The van der Waals surface area contributed by atoms with Crippen LogP contribution in [-0.2, 0) is 32.3 Å². The molecule has 0 bridgehead atoms. The highest BCUT2D eigenvalue weighted by atomic mass is 31.2. The largest absolute Gasteiger partial charge is 0.508 e. The van der Waals surface area contributed by atoms with Crippen molar-refractivity contribution in [3.05, 3.63) is 58.2 Å². The van der Waals surface area contributed by atoms with E-state index in [1.54, 1.807) is 4.98 Å². The third kappa shape index (κ3) is 7.75. The molecule has 0 saturated carbocycles. The number of hydrogen-bond donors (Lipinski definition) is 1. The van der Waals surface area contributed by atoms with Crippen LogP contribution in [0.1, 0.15) is 19.1 Å². The van der Waals surface area contributed by atoms with E-state index in [4.69, 9.17) is 33.0 Å². The van der Waals surface area contributed by atoms with Crippen LogP contribution < -0.4 is 11.2 Å². The third-order valence-electron chi connectivity index (χ3n) is 4.18. The summed E-state index contributed by atoms with van der Waals surface area (Å²) in [7, 11) is -4.27. The highest BCUT2D eigenvalue weighted by Crippen LogP contribution is 2.53. The SMILES string of the molecule is C=CCOC(=O)OC[C@H]1O[C@@H](n2cc(F)c(=O)[nH]c2=O)C[C@@H]1OP(=O)(OCC=C)OCCC#N. The van der Waals surface area contributed by atoms with Crippen LogP contribution in [0.4, 0.5) is 9.18 Å². The minimum Gasteiger partial charge on any atom is -0.431 e. The molecule has 34 heavy (non-hydrogen) atoms. The lowest BCUT2D eigenvalue weighted by Gasteiger charge is -2.23. The van der Waals surface area contributed by atoms with Gasteiger partial charge in [-0.3, -0.25) is 27.9 Å². The van der Waals surface area contributed by atoms with E-state index in [-0.39, 0.29) is 32.7 Å². The lowest BCUT2D eigenvalue weighted by atomic mass is 10.2. The molecule has 2 heterocycles. The standard InChI is InChI=1S/C19H23FN3O10P/c1-3-7-28-19(26)29-12-15-14(33-34(27,30-8-4-2)31-9-5-6-21)10-16(32-15)23-11-13(20)17(24)22-18(23)25/h3-4,11,14-16H,1-2,5,7-10,12H2,(H,22,24,25)/t14-,15+,16+,34?/m0/s1. The van der Waals surface area contributed by atoms with Gasteiger partial charge in [0, 0.05) is 6.42 Å². The van der Waals surface area contributed by atoms with E-state index < -0.39 is 56.1 Å². The summed E-state index contributed by atoms with van der Waals surface area (Å²) in [5.74, 6) is -1.24. The zero-order valence-corrected chi connectivity index (χ0v) is 18.8. The van der Waals surface area contributed by atoms with Gasteiger partial charge in [-0.25, -0.2) is 14.2 Å². The van der Waals surface area contributed by atoms with Crippen LogP contribution in [0.5, 0.6) is 0 Å². The number of hydrogen-bond acceptors (Lipinski definition) is 11. The highest BCUT2D eigenvalue weighted by Gasteiger charge is 2.44. The smallest absolute Gasteiger partial charge is 0.431 e. The Bertz CT molecular complexity index is 1080. The summed E-state index contributed by atoms with van der Waals surface area (Å²) < 4.78 is 58.6. The first-order chi connectivity index (χ1) is 16.2. The minimum atomic E-state index is -4.27. The van der Waals surface area contributed by atoms with Crippen molar-refractivity contribution in [2.24, 2.45) is 0 Å². The molecule has 1 N–H and O–H groups in total. The maximum absolute atomic E-state index is 13.8. The highest BCUT2D eigenvalue weighted by molar-refractivity contribution is 7.48. The molecule has 2 rings (SSSR count). The molecule has 0 amide bonds. The van der Waals surface area contributed by atoms with Crippen molar-refractivity contribution in [3.8, 4) is 6.07 Å². The number of nitriles is 1. The lowest BCUT2D eigenvalue weighted by Crippen LogP contribution is -2.34. The third-order valence-corrected chi connectivity index (χ3v) is 5.67. The fourth-order valence-electron chi connectivity index (χ4n) is 2.74. The number of halogens is 1. The van der Waals surface area contributed by atoms with E-state index >= 15 is 0 Å². The number of rotatable bonds is 13. The number of carbonyl (C=O) groups excluding carboxylic acids is 1. The molecule has 4 atom stereocenters. The van der Waals surface area contributed by atoms with Gasteiger partial charge in [-0.2, -0.15) is 9.65 Å². The summed E-state index contributed by atoms with van der Waals surface area (Å²) in [6, 6.07) is 1.81. The van der Waals surface area contributed by atoms with Crippen LogP contribution in [0, 0.1) is 17.1 Å². The maximum Gasteiger partial charge on any atom is 0.508 e. The molecule has 1 aromatic rings. The predicted octanol–water partition coefficient (Wildman–Crippen LogP) is 1.93. The van der Waals surface area contributed by atoms with Crippen molar-refractivity contribution in [1.82, 2.24) is 9.55 Å². The van der Waals surface area contributed by atoms with Crippen LogP contribution in [-0.4, -0.2) is 54.3 Å². The molecule has 13 nitrogen and oxygen atoms in total. The molecular formula is C19H23FN3O10P. The summed E-state index contributed by atoms with van der Waals surface area (Å²) in [6.45, 7) is 5.75. The summed E-state index contributed by atoms with van der Waals surface area (Å²) in [4.78, 5) is 36.9. The second kappa shape index (κ2) is 13.0. The molecule has 0 radical (unpaired) electrons. The van der Waals surface area contributed by atoms with Gasteiger partial charge in [-0.1, -0.05) is 18.7 Å². The van der Waals surface area contributed by atoms with Gasteiger partial charge in [0.25, 0.3) is 5.56 Å². The van der Waals surface area contributed by atoms with Gasteiger partial charge in [-0.05, 0) is 0 Å². The van der Waals surface area contributed by atoms with E-state index in [1.165, 1.54) is 12.2 Å². The summed E-state index contributed by atoms with van der Waals surface area (Å²) >= 11 is 0. The number of phosphoric acid groups is 1. The number of H-pyrrole nitrogens is 1. The van der Waals surface area contributed by atoms with Crippen molar-refractivity contribution in [1.29, 1.82) is 5.26 Å². The zero-order valence-electron chi connectivity index (χ0n) is 17.9. The summed E-state index contributed by atoms with van der Waals surface area (Å²) in [5.41, 5.74) is -2.19. The fourth-order valence-corrected chi connectivity index (χ4v) is 4.09. The Morgan fingerprint density at radius 1 is 1.32 bits per heavy atom. The maximum atomic E-state index is 13.8. The van der Waals surface area contributed by atoms with E-state index in [0.717, 1.165) is 4.57 Å². The average Bonchev–Trinajstić information content (AvgIpc) is 3.19. The predicted molar refractivity (Wildman–Crippen MR) is 112 cm³/mol. The van der Waals surface area contributed by atoms with Crippen molar-refractivity contribution in [2.45, 2.75) is 31.3 Å². The Hall–Kier alpha value is -3.08. The van der Waals surface area contributed by atoms with Crippen molar-refractivity contribution >= 4 is 14.0 Å². The van der Waals surface area contributed by atoms with Gasteiger partial charge in [0.2, 0.25) is 5.82 Å². The van der Waals surface area contributed by atoms with E-state index in [1.807, 2.05) is 6.07 Å². The second-order valence-electron chi connectivity index (χ2n) is 6.59. The number of aromatic amines is 1. The fraction of sp³-hybridized carbons (Fsp3) is 0.474. The first kappa shape index (κ1) is 27.2. The van der Waals surface area contributed by atoms with Crippen LogP contribution in [0.15, 0.2) is 41.1 Å². The van der Waals surface area contributed by atoms with Crippen LogP contribution in [0.3, 0.4) is 0 Å². The number of ether oxygens (including phenoxy) is 3. The van der Waals surface area contributed by atoms with Crippen molar-refractivity contribution < 1.29 is 41.5 Å². The summed E-state index contributed by atoms with van der Waals surface area (Å²) in [5, 5.41) is 8.69. The monoisotopic (exact) mass is 503 g/mol. The normalized spacial score (nSPS) is 21.2. The molecule has 1 unspecified atom stereocenters. The molecule has 1 aromatic heterocycles. The van der Waals surface area contributed by atoms with E-state index in [0.29, 0.717) is 6.20 Å². The Balaban J connectivity index is 2.26. The average molecular weight is 503 g/mol. The molecule has 1 aliphatic rings. The second-order valence-corrected chi connectivity index (χ2v) is 8.21. The molecule has 1 saturated heterocycles. The minimum absolute atomic E-state index is 0.109. The van der Waals surface area contributed by atoms with Gasteiger partial charge >= 0.3 is 19.7 Å². The number of nitrogens with zero attached hydrogens (tertiary/aromatic N) is 2. The van der Waals surface area contributed by atoms with Crippen LogP contribution in [0.25, 0.3) is 0 Å².